The maximum Gasteiger partial charge on any atom is 0.336 e. The molecule has 0 radical (unpaired) electrons. The van der Waals surface area contributed by atoms with Crippen molar-refractivity contribution in [3.05, 3.63) is 137 Å². The molecule has 5 rings (SSSR count). The number of hydrogen-bond donors (Lipinski definition) is 7. The van der Waals surface area contributed by atoms with E-state index >= 15 is 0 Å². The van der Waals surface area contributed by atoms with Crippen LogP contribution in [0.5, 0.6) is 0 Å². The van der Waals surface area contributed by atoms with Crippen molar-refractivity contribution >= 4 is 58.7 Å². The van der Waals surface area contributed by atoms with Crippen LogP contribution in [-0.2, 0) is 28.8 Å². The summed E-state index contributed by atoms with van der Waals surface area (Å²) in [6.07, 6.45) is 6.75. The first-order valence-corrected chi connectivity index (χ1v) is 20.3. The van der Waals surface area contributed by atoms with Gasteiger partial charge < -0.3 is 42.3 Å². The summed E-state index contributed by atoms with van der Waals surface area (Å²) < 4.78 is 0. The summed E-state index contributed by atoms with van der Waals surface area (Å²) in [5.41, 5.74) is 8.41. The van der Waals surface area contributed by atoms with E-state index in [0.29, 0.717) is 30.4 Å². The maximum atomic E-state index is 14.0. The fraction of sp³-hybridized carbons (Fsp3) is 0.283. The third kappa shape index (κ3) is 12.0. The number of rotatable bonds is 20. The third-order valence-corrected chi connectivity index (χ3v) is 10.6. The van der Waals surface area contributed by atoms with Crippen LogP contribution in [0, 0.1) is 5.92 Å². The molecule has 4 atom stereocenters. The fourth-order valence-corrected chi connectivity index (χ4v) is 7.19. The van der Waals surface area contributed by atoms with Crippen LogP contribution in [0.2, 0.25) is 0 Å². The lowest BCUT2D eigenvalue weighted by Crippen LogP contribution is -2.69. The molecule has 1 fully saturated rings. The molecule has 2 aliphatic rings. The van der Waals surface area contributed by atoms with Gasteiger partial charge >= 0.3 is 5.97 Å². The van der Waals surface area contributed by atoms with Gasteiger partial charge in [0, 0.05) is 24.6 Å². The van der Waals surface area contributed by atoms with Gasteiger partial charge in [-0.3, -0.25) is 38.4 Å². The van der Waals surface area contributed by atoms with Crippen LogP contribution in [0.1, 0.15) is 74.8 Å². The predicted octanol–water partition coefficient (Wildman–Crippen LogP) is 1.65. The number of likely N-dealkylation sites (tertiary alicyclic amines) is 1. The Morgan fingerprint density at radius 1 is 0.794 bits per heavy atom. The highest BCUT2D eigenvalue weighted by Gasteiger charge is 2.47. The second kappa shape index (κ2) is 21.7. The summed E-state index contributed by atoms with van der Waals surface area (Å²) in [6, 6.07) is 17.9. The molecular formula is C46H49N7O10. The van der Waals surface area contributed by atoms with E-state index in [9.17, 15) is 48.3 Å². The summed E-state index contributed by atoms with van der Waals surface area (Å²) in [7, 11) is 0. The lowest BCUT2D eigenvalue weighted by Gasteiger charge is -2.47. The number of primary amides is 1. The normalized spacial score (nSPS) is 16.1. The number of carboxylic acid groups (broad SMARTS) is 1. The Kier molecular flexibility index (Phi) is 16.0. The Morgan fingerprint density at radius 3 is 2.08 bits per heavy atom. The smallest absolute Gasteiger partial charge is 0.336 e. The molecule has 8 N–H and O–H groups in total. The quantitative estimate of drug-likeness (QED) is 0.0808. The largest absolute Gasteiger partial charge is 0.478 e. The minimum atomic E-state index is -1.38. The first-order valence-electron chi connectivity index (χ1n) is 20.3. The lowest BCUT2D eigenvalue weighted by atomic mass is 9.86. The van der Waals surface area contributed by atoms with E-state index < -0.39 is 90.2 Å². The summed E-state index contributed by atoms with van der Waals surface area (Å²) in [6.45, 7) is 4.43. The molecule has 3 unspecified atom stereocenters. The van der Waals surface area contributed by atoms with Crippen LogP contribution in [0.25, 0.3) is 5.57 Å². The fourth-order valence-electron chi connectivity index (χ4n) is 7.19. The number of nitrogens with zero attached hydrogens (tertiary/aromatic N) is 1. The van der Waals surface area contributed by atoms with Gasteiger partial charge in [-0.05, 0) is 65.8 Å². The SMILES string of the molecule is C=C(c1ccccc1)c1ccc(C(=O)NC[C@H]2CN(C(=O)CNC(=O)c3ccccc3C(=O)O)C2C(=O)NC(CCC)C(=O)C(=O)NCC(=O)NC(C(N)=O)C2=CC=CCC2)cc1. The summed E-state index contributed by atoms with van der Waals surface area (Å²) >= 11 is 0. The zero-order valence-corrected chi connectivity index (χ0v) is 34.6. The molecule has 1 saturated heterocycles. The van der Waals surface area contributed by atoms with Gasteiger partial charge in [0.15, 0.2) is 0 Å². The van der Waals surface area contributed by atoms with E-state index in [1.807, 2.05) is 36.4 Å². The standard InChI is InChI=1S/C46H49N7O10/c1-3-12-35(40(56)45(61)49-24-36(54)52-38(41(47)57)30-15-8-5-9-16-30)51-44(60)39-32(26-53(39)37(55)25-50-43(59)33-17-10-11-18-34(33)46(62)63)23-48-42(58)31-21-19-29(20-22-31)27(2)28-13-6-4-7-14-28/h4-8,10-11,13-15,17-22,32,35,38-39H,2-3,9,12,16,23-26H2,1H3,(H2,47,57)(H,48,58)(H,49,61)(H,50,59)(H,51,60)(H,52,54)(H,62,63)/t32-,35?,38?,39?/m0/s1. The minimum Gasteiger partial charge on any atom is -0.478 e. The van der Waals surface area contributed by atoms with Gasteiger partial charge in [0.05, 0.1) is 30.3 Å². The van der Waals surface area contributed by atoms with Crippen molar-refractivity contribution in [2.45, 2.75) is 50.7 Å². The van der Waals surface area contributed by atoms with Gasteiger partial charge in [-0.25, -0.2) is 4.79 Å². The van der Waals surface area contributed by atoms with Crippen LogP contribution in [0.3, 0.4) is 0 Å². The van der Waals surface area contributed by atoms with Gasteiger partial charge in [0.2, 0.25) is 29.4 Å². The van der Waals surface area contributed by atoms with Crippen molar-refractivity contribution in [1.82, 2.24) is 31.5 Å². The third-order valence-electron chi connectivity index (χ3n) is 10.6. The highest BCUT2D eigenvalue weighted by atomic mass is 16.4. The molecule has 1 heterocycles. The minimum absolute atomic E-state index is 0.00339. The Balaban J connectivity index is 1.25. The summed E-state index contributed by atoms with van der Waals surface area (Å²) in [5, 5.41) is 21.9. The molecular weight excluding hydrogens is 811 g/mol. The molecule has 0 bridgehead atoms. The van der Waals surface area contributed by atoms with Crippen molar-refractivity contribution < 1.29 is 48.3 Å². The number of carboxylic acids is 1. The first kappa shape index (κ1) is 46.4. The second-order valence-electron chi connectivity index (χ2n) is 14.9. The highest BCUT2D eigenvalue weighted by molar-refractivity contribution is 6.38. The van der Waals surface area contributed by atoms with Crippen LogP contribution in [0.15, 0.2) is 109 Å². The van der Waals surface area contributed by atoms with E-state index in [-0.39, 0.29) is 30.6 Å². The molecule has 7 amide bonds. The molecule has 0 aromatic heterocycles. The first-order chi connectivity index (χ1) is 30.2. The monoisotopic (exact) mass is 859 g/mol. The Bertz CT molecular complexity index is 2340. The number of carbonyl (C=O) groups is 9. The van der Waals surface area contributed by atoms with Crippen LogP contribution in [0.4, 0.5) is 0 Å². The number of amides is 7. The number of allylic oxidation sites excluding steroid dienone is 3. The topological polar surface area (TPSA) is 263 Å². The number of ketones is 1. The van der Waals surface area contributed by atoms with Crippen molar-refractivity contribution in [3.8, 4) is 0 Å². The van der Waals surface area contributed by atoms with Crippen molar-refractivity contribution in [3.63, 3.8) is 0 Å². The van der Waals surface area contributed by atoms with E-state index in [4.69, 9.17) is 5.73 Å². The highest BCUT2D eigenvalue weighted by Crippen LogP contribution is 2.26. The molecule has 1 aliphatic heterocycles. The molecule has 0 spiro atoms. The number of carbonyl (C=O) groups excluding carboxylic acids is 8. The van der Waals surface area contributed by atoms with E-state index in [1.165, 1.54) is 24.3 Å². The number of Topliss-reactive ketones (excluding diaryl/α,β-unsaturated/α-hetero) is 1. The maximum absolute atomic E-state index is 14.0. The summed E-state index contributed by atoms with van der Waals surface area (Å²) in [5.74, 6) is -8.72. The molecule has 328 valence electrons. The number of nitrogens with two attached hydrogens (primary N) is 1. The van der Waals surface area contributed by atoms with Crippen molar-refractivity contribution in [1.29, 1.82) is 0 Å². The lowest BCUT2D eigenvalue weighted by molar-refractivity contribution is -0.153. The van der Waals surface area contributed by atoms with E-state index in [2.05, 4.69) is 33.2 Å². The second-order valence-corrected chi connectivity index (χ2v) is 14.9. The number of nitrogens with one attached hydrogen (secondary N) is 5. The molecule has 0 saturated carbocycles. The van der Waals surface area contributed by atoms with Crippen LogP contribution in [-0.4, -0.2) is 107 Å². The number of benzene rings is 3. The molecule has 3 aromatic carbocycles. The Labute approximate surface area is 363 Å². The molecule has 17 nitrogen and oxygen atoms in total. The van der Waals surface area contributed by atoms with E-state index in [0.717, 1.165) is 21.6 Å². The average molecular weight is 860 g/mol. The van der Waals surface area contributed by atoms with Crippen LogP contribution < -0.4 is 32.3 Å². The van der Waals surface area contributed by atoms with Gasteiger partial charge in [-0.15, -0.1) is 0 Å². The molecule has 1 aliphatic carbocycles. The van der Waals surface area contributed by atoms with Gasteiger partial charge in [-0.1, -0.05) is 92.7 Å². The molecule has 3 aromatic rings. The molecule has 17 heteroatoms. The van der Waals surface area contributed by atoms with E-state index in [1.54, 1.807) is 43.3 Å². The zero-order valence-electron chi connectivity index (χ0n) is 34.6. The number of hydrogen-bond acceptors (Lipinski definition) is 9. The average Bonchev–Trinajstić information content (AvgIpc) is 3.28. The zero-order chi connectivity index (χ0) is 45.6. The molecule has 63 heavy (non-hydrogen) atoms. The van der Waals surface area contributed by atoms with Gasteiger partial charge in [-0.2, -0.15) is 0 Å². The van der Waals surface area contributed by atoms with Crippen LogP contribution >= 0.6 is 0 Å². The number of aromatic carboxylic acids is 1. The van der Waals surface area contributed by atoms with Gasteiger partial charge in [0.1, 0.15) is 12.1 Å². The predicted molar refractivity (Wildman–Crippen MR) is 231 cm³/mol. The van der Waals surface area contributed by atoms with Crippen molar-refractivity contribution in [2.75, 3.05) is 26.2 Å². The van der Waals surface area contributed by atoms with Gasteiger partial charge in [0.25, 0.3) is 17.7 Å². The van der Waals surface area contributed by atoms with Crippen molar-refractivity contribution in [2.24, 2.45) is 11.7 Å². The Hall–Kier alpha value is -7.69. The Morgan fingerprint density at radius 2 is 1.44 bits per heavy atom. The summed E-state index contributed by atoms with van der Waals surface area (Å²) in [4.78, 5) is 118.